The average Bonchev–Trinajstić information content (AvgIpc) is 3.20. The highest BCUT2D eigenvalue weighted by Gasteiger charge is 2.37. The van der Waals surface area contributed by atoms with E-state index in [1.807, 2.05) is 6.07 Å². The van der Waals surface area contributed by atoms with Crippen molar-refractivity contribution in [3.8, 4) is 17.1 Å². The molecule has 0 bridgehead atoms. The summed E-state index contributed by atoms with van der Waals surface area (Å²) >= 11 is 12.1. The largest absolute Gasteiger partial charge is 0.495 e. The number of carbonyl (C=O) groups excluding carboxylic acids is 3. The van der Waals surface area contributed by atoms with Gasteiger partial charge in [0.15, 0.2) is 0 Å². The summed E-state index contributed by atoms with van der Waals surface area (Å²) in [5.41, 5.74) is 0.658. The molecule has 31 heavy (non-hydrogen) atoms. The van der Waals surface area contributed by atoms with Crippen molar-refractivity contribution in [1.29, 1.82) is 0 Å². The molecule has 4 rings (SSSR count). The Bertz CT molecular complexity index is 1250. The summed E-state index contributed by atoms with van der Waals surface area (Å²) < 4.78 is 10.8. The molecular formula is C22H14Cl2N2O5. The topological polar surface area (TPSA) is 88.8 Å². The lowest BCUT2D eigenvalue weighted by Gasteiger charge is -2.26. The fraction of sp³-hybridized carbons (Fsp3) is 0.0455. The van der Waals surface area contributed by atoms with Crippen molar-refractivity contribution in [3.05, 3.63) is 76.0 Å². The van der Waals surface area contributed by atoms with E-state index in [1.165, 1.54) is 31.4 Å². The SMILES string of the molecule is COc1ccc(N2C(=O)NC(=O)C(=Cc3ccc(-c4cccc(Cl)c4)o3)C2=O)cc1Cl. The van der Waals surface area contributed by atoms with Crippen molar-refractivity contribution in [2.24, 2.45) is 0 Å². The summed E-state index contributed by atoms with van der Waals surface area (Å²) in [5.74, 6) is -0.489. The lowest BCUT2D eigenvalue weighted by atomic mass is 10.1. The standard InChI is InChI=1S/C22H14Cl2N2O5/c1-30-19-7-5-14(10-17(19)24)26-21(28)16(20(27)25-22(26)29)11-15-6-8-18(31-15)12-3-2-4-13(23)9-12/h2-11H,1H3,(H,25,27,29). The van der Waals surface area contributed by atoms with Crippen LogP contribution in [0.2, 0.25) is 10.0 Å². The maximum Gasteiger partial charge on any atom is 0.335 e. The number of furan rings is 1. The Balaban J connectivity index is 1.67. The first-order valence-corrected chi connectivity index (χ1v) is 9.74. The molecule has 0 radical (unpaired) electrons. The molecule has 1 aliphatic rings. The lowest BCUT2D eigenvalue weighted by molar-refractivity contribution is -0.122. The minimum Gasteiger partial charge on any atom is -0.495 e. The Morgan fingerprint density at radius 2 is 1.84 bits per heavy atom. The van der Waals surface area contributed by atoms with Crippen molar-refractivity contribution in [2.75, 3.05) is 12.0 Å². The van der Waals surface area contributed by atoms with Crippen LogP contribution in [-0.4, -0.2) is 25.0 Å². The number of hydrogen-bond donors (Lipinski definition) is 1. The van der Waals surface area contributed by atoms with Gasteiger partial charge in [0.2, 0.25) is 0 Å². The van der Waals surface area contributed by atoms with Gasteiger partial charge in [-0.2, -0.15) is 0 Å². The first-order valence-electron chi connectivity index (χ1n) is 8.98. The Labute approximate surface area is 186 Å². The van der Waals surface area contributed by atoms with Gasteiger partial charge in [-0.15, -0.1) is 0 Å². The van der Waals surface area contributed by atoms with E-state index in [4.69, 9.17) is 32.4 Å². The molecule has 1 aromatic heterocycles. The second-order valence-electron chi connectivity index (χ2n) is 6.49. The summed E-state index contributed by atoms with van der Waals surface area (Å²) in [6, 6.07) is 13.9. The van der Waals surface area contributed by atoms with E-state index in [-0.39, 0.29) is 22.0 Å². The molecule has 9 heteroatoms. The van der Waals surface area contributed by atoms with Gasteiger partial charge in [-0.1, -0.05) is 35.3 Å². The molecular weight excluding hydrogens is 443 g/mol. The number of ether oxygens (including phenoxy) is 1. The molecule has 0 unspecified atom stereocenters. The molecule has 1 N–H and O–H groups in total. The maximum atomic E-state index is 13.0. The van der Waals surface area contributed by atoms with Crippen LogP contribution < -0.4 is 15.0 Å². The van der Waals surface area contributed by atoms with Crippen LogP contribution in [0.5, 0.6) is 5.75 Å². The summed E-state index contributed by atoms with van der Waals surface area (Å²) in [5, 5.41) is 2.90. The van der Waals surface area contributed by atoms with Crippen LogP contribution in [0, 0.1) is 0 Å². The van der Waals surface area contributed by atoms with Crippen LogP contribution in [0.4, 0.5) is 10.5 Å². The van der Waals surface area contributed by atoms with E-state index in [2.05, 4.69) is 5.32 Å². The molecule has 7 nitrogen and oxygen atoms in total. The monoisotopic (exact) mass is 456 g/mol. The third-order valence-corrected chi connectivity index (χ3v) is 5.05. The summed E-state index contributed by atoms with van der Waals surface area (Å²) in [4.78, 5) is 38.5. The lowest BCUT2D eigenvalue weighted by Crippen LogP contribution is -2.54. The van der Waals surface area contributed by atoms with Gasteiger partial charge < -0.3 is 9.15 Å². The van der Waals surface area contributed by atoms with Gasteiger partial charge in [0.25, 0.3) is 11.8 Å². The number of benzene rings is 2. The molecule has 0 atom stereocenters. The van der Waals surface area contributed by atoms with Crippen molar-refractivity contribution >= 4 is 52.8 Å². The first kappa shape index (κ1) is 20.7. The van der Waals surface area contributed by atoms with Crippen LogP contribution >= 0.6 is 23.2 Å². The molecule has 0 spiro atoms. The van der Waals surface area contributed by atoms with Gasteiger partial charge in [-0.25, -0.2) is 9.69 Å². The number of nitrogens with zero attached hydrogens (tertiary/aromatic N) is 1. The van der Waals surface area contributed by atoms with Gasteiger partial charge in [-0.3, -0.25) is 14.9 Å². The summed E-state index contributed by atoms with van der Waals surface area (Å²) in [6.07, 6.45) is 1.27. The average molecular weight is 457 g/mol. The normalized spacial score (nSPS) is 15.4. The van der Waals surface area contributed by atoms with Gasteiger partial charge in [-0.05, 0) is 48.5 Å². The third-order valence-electron chi connectivity index (χ3n) is 4.52. The molecule has 0 aliphatic carbocycles. The smallest absolute Gasteiger partial charge is 0.335 e. The van der Waals surface area contributed by atoms with E-state index in [1.54, 1.807) is 30.3 Å². The molecule has 0 saturated carbocycles. The Kier molecular flexibility index (Phi) is 5.54. The van der Waals surface area contributed by atoms with Gasteiger partial charge >= 0.3 is 6.03 Å². The van der Waals surface area contributed by atoms with Crippen LogP contribution in [0.3, 0.4) is 0 Å². The van der Waals surface area contributed by atoms with Gasteiger partial charge in [0.05, 0.1) is 17.8 Å². The number of amides is 4. The number of anilines is 1. The molecule has 1 aliphatic heterocycles. The second kappa shape index (κ2) is 8.29. The van der Waals surface area contributed by atoms with Gasteiger partial charge in [0, 0.05) is 10.6 Å². The molecule has 4 amide bonds. The first-order chi connectivity index (χ1) is 14.9. The predicted octanol–water partition coefficient (Wildman–Crippen LogP) is 4.93. The molecule has 1 saturated heterocycles. The molecule has 156 valence electrons. The Morgan fingerprint density at radius 3 is 2.55 bits per heavy atom. The van der Waals surface area contributed by atoms with Crippen LogP contribution in [0.1, 0.15) is 5.76 Å². The Hall–Kier alpha value is -3.55. The van der Waals surface area contributed by atoms with Crippen molar-refractivity contribution in [3.63, 3.8) is 0 Å². The number of rotatable bonds is 4. The van der Waals surface area contributed by atoms with Crippen LogP contribution in [0.15, 0.2) is 64.6 Å². The molecule has 3 aromatic rings. The molecule has 2 heterocycles. The maximum absolute atomic E-state index is 13.0. The van der Waals surface area contributed by atoms with Crippen molar-refractivity contribution < 1.29 is 23.5 Å². The fourth-order valence-electron chi connectivity index (χ4n) is 3.06. The number of urea groups is 1. The fourth-order valence-corrected chi connectivity index (χ4v) is 3.50. The van der Waals surface area contributed by atoms with E-state index >= 15 is 0 Å². The van der Waals surface area contributed by atoms with Crippen molar-refractivity contribution in [1.82, 2.24) is 5.32 Å². The highest BCUT2D eigenvalue weighted by molar-refractivity contribution is 6.39. The van der Waals surface area contributed by atoms with E-state index in [9.17, 15) is 14.4 Å². The van der Waals surface area contributed by atoms with Gasteiger partial charge in [0.1, 0.15) is 22.8 Å². The number of hydrogen-bond acceptors (Lipinski definition) is 5. The zero-order valence-electron chi connectivity index (χ0n) is 16.0. The number of carbonyl (C=O) groups is 3. The predicted molar refractivity (Wildman–Crippen MR) is 116 cm³/mol. The highest BCUT2D eigenvalue weighted by Crippen LogP contribution is 2.31. The van der Waals surface area contributed by atoms with Crippen molar-refractivity contribution in [2.45, 2.75) is 0 Å². The van der Waals surface area contributed by atoms with Crippen LogP contribution in [0.25, 0.3) is 17.4 Å². The Morgan fingerprint density at radius 1 is 1.03 bits per heavy atom. The number of halogens is 2. The number of nitrogens with one attached hydrogen (secondary N) is 1. The molecule has 2 aromatic carbocycles. The molecule has 1 fully saturated rings. The quantitative estimate of drug-likeness (QED) is 0.444. The number of imide groups is 2. The number of barbiturate groups is 1. The highest BCUT2D eigenvalue weighted by atomic mass is 35.5. The zero-order chi connectivity index (χ0) is 22.1. The zero-order valence-corrected chi connectivity index (χ0v) is 17.5. The number of methoxy groups -OCH3 is 1. The van der Waals surface area contributed by atoms with E-state index < -0.39 is 17.8 Å². The van der Waals surface area contributed by atoms with Crippen LogP contribution in [-0.2, 0) is 9.59 Å². The minimum atomic E-state index is -0.882. The van der Waals surface area contributed by atoms with E-state index in [0.717, 1.165) is 10.5 Å². The van der Waals surface area contributed by atoms with E-state index in [0.29, 0.717) is 16.5 Å². The second-order valence-corrected chi connectivity index (χ2v) is 7.33. The summed E-state index contributed by atoms with van der Waals surface area (Å²) in [7, 11) is 1.44. The third kappa shape index (κ3) is 4.05. The minimum absolute atomic E-state index is 0.186. The summed E-state index contributed by atoms with van der Waals surface area (Å²) in [6.45, 7) is 0.